The molecule has 33 heavy (non-hydrogen) atoms. The van der Waals surface area contributed by atoms with E-state index in [0.29, 0.717) is 29.7 Å². The molecule has 0 amide bonds. The molecule has 1 saturated carbocycles. The Kier molecular flexibility index (Phi) is 7.05. The van der Waals surface area contributed by atoms with E-state index in [0.717, 1.165) is 54.1 Å². The molecule has 2 atom stereocenters. The molecule has 0 spiro atoms. The van der Waals surface area contributed by atoms with Crippen LogP contribution >= 0.6 is 0 Å². The van der Waals surface area contributed by atoms with Crippen LogP contribution in [0, 0.1) is 20.3 Å². The van der Waals surface area contributed by atoms with Gasteiger partial charge in [-0.25, -0.2) is 8.42 Å². The lowest BCUT2D eigenvalue weighted by molar-refractivity contribution is 0.238. The Morgan fingerprint density at radius 2 is 1.88 bits per heavy atom. The molecule has 6 heteroatoms. The number of fused-ring (bicyclic) bond motifs is 3. The number of benzene rings is 2. The standard InChI is InChI=1S/C26H30N2O3S.CH2/c1-19-11-12-21(17-27-19)18-31-26-16-24(15-22-8-2-3-10-25(22)26)32(29,30)28-13-5-7-20-6-4-9-23(28)14-20;/h2-3,8,10-12,15-17,20,23H,4-7,9,13-14,18H2,1H3;1H2. The van der Waals surface area contributed by atoms with Crippen LogP contribution < -0.4 is 4.74 Å². The first kappa shape index (κ1) is 23.7. The summed E-state index contributed by atoms with van der Waals surface area (Å²) in [5.74, 6) is 1.27. The Balaban J connectivity index is 0.00000259. The SMILES string of the molecule is Cc1ccc(COc2cc(S(=O)(=O)N3CCCC4CCCC3C4)cc3ccccc23)cn1.[CH2]. The number of sulfonamides is 1. The predicted octanol–water partition coefficient (Wildman–Crippen LogP) is 5.79. The van der Waals surface area contributed by atoms with Gasteiger partial charge in [-0.3, -0.25) is 4.98 Å². The summed E-state index contributed by atoms with van der Waals surface area (Å²) in [6.07, 6.45) is 8.21. The molecule has 2 aliphatic rings. The van der Waals surface area contributed by atoms with E-state index in [-0.39, 0.29) is 13.5 Å². The molecule has 1 saturated heterocycles. The highest BCUT2D eigenvalue weighted by molar-refractivity contribution is 7.89. The maximum absolute atomic E-state index is 13.8. The number of pyridine rings is 1. The lowest BCUT2D eigenvalue weighted by atomic mass is 9.84. The van der Waals surface area contributed by atoms with Crippen LogP contribution in [0.15, 0.2) is 59.6 Å². The van der Waals surface area contributed by atoms with Crippen molar-refractivity contribution >= 4 is 20.8 Å². The molecule has 5 rings (SSSR count). The first-order chi connectivity index (χ1) is 15.5. The second kappa shape index (κ2) is 9.82. The topological polar surface area (TPSA) is 59.5 Å². The minimum Gasteiger partial charge on any atom is -0.488 e. The van der Waals surface area contributed by atoms with Crippen LogP contribution in [0.3, 0.4) is 0 Å². The van der Waals surface area contributed by atoms with Gasteiger partial charge in [0.1, 0.15) is 12.4 Å². The second-order valence-electron chi connectivity index (χ2n) is 9.18. The van der Waals surface area contributed by atoms with Crippen LogP contribution in [0.2, 0.25) is 0 Å². The molecule has 1 aliphatic heterocycles. The number of hydrogen-bond donors (Lipinski definition) is 0. The molecular weight excluding hydrogens is 432 g/mol. The minimum absolute atomic E-state index is 0. The van der Waals surface area contributed by atoms with Crippen molar-refractivity contribution in [1.29, 1.82) is 0 Å². The van der Waals surface area contributed by atoms with Crippen LogP contribution in [-0.2, 0) is 16.6 Å². The Labute approximate surface area is 197 Å². The van der Waals surface area contributed by atoms with Gasteiger partial charge in [0.15, 0.2) is 0 Å². The van der Waals surface area contributed by atoms with E-state index in [4.69, 9.17) is 4.74 Å². The van der Waals surface area contributed by atoms with Crippen LogP contribution in [-0.4, -0.2) is 30.3 Å². The first-order valence-electron chi connectivity index (χ1n) is 11.6. The van der Waals surface area contributed by atoms with Crippen molar-refractivity contribution in [3.63, 3.8) is 0 Å². The summed E-state index contributed by atoms with van der Waals surface area (Å²) < 4.78 is 35.5. The van der Waals surface area contributed by atoms with Gasteiger partial charge in [0.25, 0.3) is 0 Å². The van der Waals surface area contributed by atoms with Crippen molar-refractivity contribution < 1.29 is 13.2 Å². The summed E-state index contributed by atoms with van der Waals surface area (Å²) >= 11 is 0. The monoisotopic (exact) mass is 464 g/mol. The molecule has 2 unspecified atom stereocenters. The molecule has 0 N–H and O–H groups in total. The fourth-order valence-electron chi connectivity index (χ4n) is 5.22. The Hall–Kier alpha value is -2.44. The summed E-state index contributed by atoms with van der Waals surface area (Å²) in [6.45, 7) is 2.90. The largest absolute Gasteiger partial charge is 0.488 e. The van der Waals surface area contributed by atoms with E-state index in [1.54, 1.807) is 22.6 Å². The van der Waals surface area contributed by atoms with Crippen molar-refractivity contribution in [1.82, 2.24) is 9.29 Å². The number of hydrogen-bond acceptors (Lipinski definition) is 4. The van der Waals surface area contributed by atoms with Crippen molar-refractivity contribution in [3.8, 4) is 5.75 Å². The van der Waals surface area contributed by atoms with Crippen molar-refractivity contribution in [2.45, 2.75) is 63.0 Å². The van der Waals surface area contributed by atoms with Gasteiger partial charge in [-0.05, 0) is 56.0 Å². The zero-order valence-electron chi connectivity index (χ0n) is 19.2. The van der Waals surface area contributed by atoms with E-state index >= 15 is 0 Å². The molecule has 2 aromatic carbocycles. The molecule has 2 fully saturated rings. The summed E-state index contributed by atoms with van der Waals surface area (Å²) in [7, 11) is -3.60. The Morgan fingerprint density at radius 1 is 1.06 bits per heavy atom. The smallest absolute Gasteiger partial charge is 0.243 e. The number of aryl methyl sites for hydroxylation is 1. The molecular formula is C27H32N2O3S. The Bertz CT molecular complexity index is 1210. The van der Waals surface area contributed by atoms with Gasteiger partial charge in [0, 0.05) is 41.5 Å². The molecule has 1 aromatic heterocycles. The van der Waals surface area contributed by atoms with Gasteiger partial charge in [0.2, 0.25) is 10.0 Å². The normalized spacial score (nSPS) is 21.2. The highest BCUT2D eigenvalue weighted by atomic mass is 32.2. The summed E-state index contributed by atoms with van der Waals surface area (Å²) in [6, 6.07) is 15.4. The van der Waals surface area contributed by atoms with E-state index in [1.165, 1.54) is 6.42 Å². The van der Waals surface area contributed by atoms with Crippen molar-refractivity contribution in [2.24, 2.45) is 5.92 Å². The molecule has 3 aromatic rings. The fraction of sp³-hybridized carbons (Fsp3) is 0.407. The van der Waals surface area contributed by atoms with Crippen LogP contribution in [0.5, 0.6) is 5.75 Å². The van der Waals surface area contributed by atoms with Gasteiger partial charge in [-0.15, -0.1) is 0 Å². The summed E-state index contributed by atoms with van der Waals surface area (Å²) in [5.41, 5.74) is 1.91. The van der Waals surface area contributed by atoms with Gasteiger partial charge >= 0.3 is 0 Å². The van der Waals surface area contributed by atoms with Gasteiger partial charge in [0.05, 0.1) is 4.90 Å². The van der Waals surface area contributed by atoms with Crippen molar-refractivity contribution in [2.75, 3.05) is 6.54 Å². The molecule has 174 valence electrons. The van der Waals surface area contributed by atoms with Crippen molar-refractivity contribution in [3.05, 3.63) is 73.4 Å². The van der Waals surface area contributed by atoms with Crippen LogP contribution in [0.25, 0.3) is 10.8 Å². The quantitative estimate of drug-likeness (QED) is 0.479. The summed E-state index contributed by atoms with van der Waals surface area (Å²) in [5, 5.41) is 1.79. The van der Waals surface area contributed by atoms with E-state index < -0.39 is 10.0 Å². The molecule has 2 radical (unpaired) electrons. The van der Waals surface area contributed by atoms with E-state index in [9.17, 15) is 8.42 Å². The third-order valence-electron chi connectivity index (χ3n) is 6.92. The Morgan fingerprint density at radius 3 is 2.70 bits per heavy atom. The second-order valence-corrected chi connectivity index (χ2v) is 11.1. The molecule has 5 nitrogen and oxygen atoms in total. The number of aromatic nitrogens is 1. The lowest BCUT2D eigenvalue weighted by Gasteiger charge is -2.33. The van der Waals surface area contributed by atoms with Crippen LogP contribution in [0.4, 0.5) is 0 Å². The van der Waals surface area contributed by atoms with Gasteiger partial charge < -0.3 is 4.74 Å². The first-order valence-corrected chi connectivity index (χ1v) is 13.0. The van der Waals surface area contributed by atoms with Gasteiger partial charge in [-0.2, -0.15) is 4.31 Å². The molecule has 1 aliphatic carbocycles. The lowest BCUT2D eigenvalue weighted by Crippen LogP contribution is -2.41. The third-order valence-corrected chi connectivity index (χ3v) is 8.85. The zero-order valence-corrected chi connectivity index (χ0v) is 20.1. The van der Waals surface area contributed by atoms with E-state index in [1.807, 2.05) is 43.3 Å². The molecule has 2 bridgehead atoms. The number of rotatable bonds is 5. The highest BCUT2D eigenvalue weighted by Gasteiger charge is 2.37. The maximum Gasteiger partial charge on any atom is 0.243 e. The van der Waals surface area contributed by atoms with Gasteiger partial charge in [-0.1, -0.05) is 50.6 Å². The minimum atomic E-state index is -3.60. The fourth-order valence-corrected chi connectivity index (χ4v) is 6.98. The predicted molar refractivity (Wildman–Crippen MR) is 131 cm³/mol. The number of ether oxygens (including phenoxy) is 1. The average molecular weight is 465 g/mol. The van der Waals surface area contributed by atoms with E-state index in [2.05, 4.69) is 4.98 Å². The third kappa shape index (κ3) is 4.92. The molecule has 2 heterocycles. The van der Waals surface area contributed by atoms with Crippen LogP contribution in [0.1, 0.15) is 49.8 Å². The average Bonchev–Trinajstić information content (AvgIpc) is 2.95. The maximum atomic E-state index is 13.8. The zero-order chi connectivity index (χ0) is 22.1. The number of nitrogens with zero attached hydrogens (tertiary/aromatic N) is 2. The summed E-state index contributed by atoms with van der Waals surface area (Å²) in [4.78, 5) is 4.66. The highest BCUT2D eigenvalue weighted by Crippen LogP contribution is 2.38.